The van der Waals surface area contributed by atoms with Gasteiger partial charge in [0, 0.05) is 11.1 Å². The Kier molecular flexibility index (Phi) is 4.23. The fourth-order valence-electron chi connectivity index (χ4n) is 3.07. The summed E-state index contributed by atoms with van der Waals surface area (Å²) in [5.74, 6) is 0.0767. The van der Waals surface area contributed by atoms with Crippen LogP contribution >= 0.6 is 11.6 Å². The van der Waals surface area contributed by atoms with Gasteiger partial charge in [0.15, 0.2) is 0 Å². The Morgan fingerprint density at radius 3 is 2.35 bits per heavy atom. The zero-order valence-electron chi connectivity index (χ0n) is 14.2. The van der Waals surface area contributed by atoms with E-state index < -0.39 is 0 Å². The second kappa shape index (κ2) is 6.70. The fourth-order valence-corrected chi connectivity index (χ4v) is 3.26. The SMILES string of the molecule is Cc1cc(-c2ccccc2)n(-c2ccccc2-c2ccc(O)c(Cl)c2)n1. The van der Waals surface area contributed by atoms with Crippen molar-refractivity contribution in [3.05, 3.63) is 89.6 Å². The number of phenols is 1. The standard InChI is InChI=1S/C22H17ClN2O/c1-15-13-21(16-7-3-2-4-8-16)25(24-15)20-10-6-5-9-18(20)17-11-12-22(26)19(23)14-17/h2-14,26H,1H3. The van der Waals surface area contributed by atoms with Crippen LogP contribution in [0.1, 0.15) is 5.69 Å². The zero-order chi connectivity index (χ0) is 18.1. The van der Waals surface area contributed by atoms with Crippen LogP contribution in [0.25, 0.3) is 28.1 Å². The molecule has 0 fully saturated rings. The van der Waals surface area contributed by atoms with Crippen molar-refractivity contribution in [1.29, 1.82) is 0 Å². The lowest BCUT2D eigenvalue weighted by molar-refractivity contribution is 0.475. The number of benzene rings is 3. The maximum atomic E-state index is 9.72. The number of para-hydroxylation sites is 1. The van der Waals surface area contributed by atoms with Gasteiger partial charge >= 0.3 is 0 Å². The van der Waals surface area contributed by atoms with Crippen molar-refractivity contribution in [3.8, 4) is 33.8 Å². The normalized spacial score (nSPS) is 10.8. The average molecular weight is 361 g/mol. The Morgan fingerprint density at radius 2 is 1.58 bits per heavy atom. The quantitative estimate of drug-likeness (QED) is 0.496. The molecule has 4 heteroatoms. The molecule has 3 aromatic carbocycles. The van der Waals surface area contributed by atoms with Crippen molar-refractivity contribution in [2.75, 3.05) is 0 Å². The van der Waals surface area contributed by atoms with Gasteiger partial charge < -0.3 is 5.11 Å². The summed E-state index contributed by atoms with van der Waals surface area (Å²) >= 11 is 6.12. The molecular weight excluding hydrogens is 344 g/mol. The van der Waals surface area contributed by atoms with E-state index in [-0.39, 0.29) is 5.75 Å². The highest BCUT2D eigenvalue weighted by Crippen LogP contribution is 2.34. The summed E-state index contributed by atoms with van der Waals surface area (Å²) in [4.78, 5) is 0. The summed E-state index contributed by atoms with van der Waals surface area (Å²) in [7, 11) is 0. The summed E-state index contributed by atoms with van der Waals surface area (Å²) in [6.07, 6.45) is 0. The van der Waals surface area contributed by atoms with Crippen molar-refractivity contribution in [2.24, 2.45) is 0 Å². The van der Waals surface area contributed by atoms with Crippen LogP contribution in [0.4, 0.5) is 0 Å². The number of hydrogen-bond acceptors (Lipinski definition) is 2. The molecule has 0 amide bonds. The van der Waals surface area contributed by atoms with E-state index in [0.29, 0.717) is 5.02 Å². The van der Waals surface area contributed by atoms with Gasteiger partial charge in [-0.15, -0.1) is 0 Å². The first-order valence-corrected chi connectivity index (χ1v) is 8.71. The number of hydrogen-bond donors (Lipinski definition) is 1. The predicted molar refractivity (Wildman–Crippen MR) is 106 cm³/mol. The Morgan fingerprint density at radius 1 is 0.846 bits per heavy atom. The van der Waals surface area contributed by atoms with Crippen molar-refractivity contribution >= 4 is 11.6 Å². The van der Waals surface area contributed by atoms with Crippen LogP contribution in [0.5, 0.6) is 5.75 Å². The van der Waals surface area contributed by atoms with Crippen LogP contribution in [-0.4, -0.2) is 14.9 Å². The number of halogens is 1. The van der Waals surface area contributed by atoms with Crippen LogP contribution in [0.2, 0.25) is 5.02 Å². The van der Waals surface area contributed by atoms with Gasteiger partial charge in [0.2, 0.25) is 0 Å². The summed E-state index contributed by atoms with van der Waals surface area (Å²) in [6, 6.07) is 25.6. The topological polar surface area (TPSA) is 38.0 Å². The zero-order valence-corrected chi connectivity index (χ0v) is 15.0. The number of phenolic OH excluding ortho intramolecular Hbond substituents is 1. The van der Waals surface area contributed by atoms with E-state index in [0.717, 1.165) is 33.8 Å². The Labute approximate surface area is 157 Å². The smallest absolute Gasteiger partial charge is 0.134 e. The maximum Gasteiger partial charge on any atom is 0.134 e. The van der Waals surface area contributed by atoms with Crippen molar-refractivity contribution in [3.63, 3.8) is 0 Å². The largest absolute Gasteiger partial charge is 0.506 e. The molecule has 26 heavy (non-hydrogen) atoms. The minimum absolute atomic E-state index is 0.0767. The summed E-state index contributed by atoms with van der Waals surface area (Å²) in [6.45, 7) is 1.99. The first-order chi connectivity index (χ1) is 12.6. The summed E-state index contributed by atoms with van der Waals surface area (Å²) in [5.41, 5.74) is 5.96. The molecule has 0 saturated heterocycles. The van der Waals surface area contributed by atoms with Gasteiger partial charge in [-0.3, -0.25) is 0 Å². The molecule has 3 nitrogen and oxygen atoms in total. The van der Waals surface area contributed by atoms with E-state index in [1.54, 1.807) is 12.1 Å². The lowest BCUT2D eigenvalue weighted by Gasteiger charge is -2.13. The van der Waals surface area contributed by atoms with Gasteiger partial charge in [0.25, 0.3) is 0 Å². The maximum absolute atomic E-state index is 9.72. The van der Waals surface area contributed by atoms with Crippen LogP contribution in [0.15, 0.2) is 78.9 Å². The number of aromatic nitrogens is 2. The molecule has 0 atom stereocenters. The molecule has 0 aliphatic rings. The lowest BCUT2D eigenvalue weighted by Crippen LogP contribution is -2.01. The third-order valence-corrected chi connectivity index (χ3v) is 4.59. The van der Waals surface area contributed by atoms with E-state index >= 15 is 0 Å². The van der Waals surface area contributed by atoms with Crippen LogP contribution in [0.3, 0.4) is 0 Å². The molecule has 1 N–H and O–H groups in total. The number of nitrogens with zero attached hydrogens (tertiary/aromatic N) is 2. The number of aryl methyl sites for hydroxylation is 1. The van der Waals surface area contributed by atoms with E-state index in [1.165, 1.54) is 0 Å². The lowest BCUT2D eigenvalue weighted by atomic mass is 10.0. The van der Waals surface area contributed by atoms with Crippen molar-refractivity contribution in [1.82, 2.24) is 9.78 Å². The Bertz CT molecular complexity index is 1070. The molecule has 0 aliphatic carbocycles. The first-order valence-electron chi connectivity index (χ1n) is 8.34. The average Bonchev–Trinajstić information content (AvgIpc) is 3.06. The molecular formula is C22H17ClN2O. The first kappa shape index (κ1) is 16.4. The molecule has 1 aromatic heterocycles. The molecule has 0 saturated carbocycles. The second-order valence-electron chi connectivity index (χ2n) is 6.13. The van der Waals surface area contributed by atoms with Crippen molar-refractivity contribution < 1.29 is 5.11 Å². The molecule has 1 heterocycles. The van der Waals surface area contributed by atoms with Gasteiger partial charge in [-0.1, -0.05) is 66.2 Å². The molecule has 0 spiro atoms. The van der Waals surface area contributed by atoms with Crippen LogP contribution in [-0.2, 0) is 0 Å². The van der Waals surface area contributed by atoms with E-state index in [9.17, 15) is 5.11 Å². The molecule has 0 aliphatic heterocycles. The minimum Gasteiger partial charge on any atom is -0.506 e. The third kappa shape index (κ3) is 2.98. The molecule has 4 rings (SSSR count). The highest BCUT2D eigenvalue weighted by Gasteiger charge is 2.14. The molecule has 128 valence electrons. The van der Waals surface area contributed by atoms with Crippen LogP contribution < -0.4 is 0 Å². The minimum atomic E-state index is 0.0767. The van der Waals surface area contributed by atoms with E-state index in [1.807, 2.05) is 60.1 Å². The molecule has 0 unspecified atom stereocenters. The second-order valence-corrected chi connectivity index (χ2v) is 6.54. The van der Waals surface area contributed by atoms with Crippen LogP contribution in [0, 0.1) is 6.92 Å². The third-order valence-electron chi connectivity index (χ3n) is 4.29. The van der Waals surface area contributed by atoms with Gasteiger partial charge in [0.05, 0.1) is 22.1 Å². The van der Waals surface area contributed by atoms with Gasteiger partial charge in [-0.2, -0.15) is 5.10 Å². The number of aromatic hydroxyl groups is 1. The van der Waals surface area contributed by atoms with Gasteiger partial charge in [-0.05, 0) is 36.8 Å². The highest BCUT2D eigenvalue weighted by atomic mass is 35.5. The monoisotopic (exact) mass is 360 g/mol. The van der Waals surface area contributed by atoms with Crippen molar-refractivity contribution in [2.45, 2.75) is 6.92 Å². The summed E-state index contributed by atoms with van der Waals surface area (Å²) in [5, 5.41) is 14.8. The Balaban J connectivity index is 1.92. The molecule has 0 radical (unpaired) electrons. The molecule has 0 bridgehead atoms. The predicted octanol–water partition coefficient (Wildman–Crippen LogP) is 5.87. The van der Waals surface area contributed by atoms with Gasteiger partial charge in [-0.25, -0.2) is 4.68 Å². The fraction of sp³-hybridized carbons (Fsp3) is 0.0455. The highest BCUT2D eigenvalue weighted by molar-refractivity contribution is 6.32. The number of rotatable bonds is 3. The van der Waals surface area contributed by atoms with E-state index in [2.05, 4.69) is 18.2 Å². The summed E-state index contributed by atoms with van der Waals surface area (Å²) < 4.78 is 1.96. The van der Waals surface area contributed by atoms with Gasteiger partial charge in [0.1, 0.15) is 5.75 Å². The Hall–Kier alpha value is -3.04. The molecule has 4 aromatic rings. The van der Waals surface area contributed by atoms with E-state index in [4.69, 9.17) is 16.7 Å².